The average molecular weight is 342 g/mol. The lowest BCUT2D eigenvalue weighted by molar-refractivity contribution is -0.138. The van der Waals surface area contributed by atoms with Gasteiger partial charge < -0.3 is 9.64 Å². The van der Waals surface area contributed by atoms with Gasteiger partial charge in [-0.3, -0.25) is 9.69 Å². The van der Waals surface area contributed by atoms with Crippen molar-refractivity contribution in [3.8, 4) is 5.75 Å². The molecule has 0 radical (unpaired) electrons. The van der Waals surface area contributed by atoms with Crippen LogP contribution >= 0.6 is 11.3 Å². The van der Waals surface area contributed by atoms with E-state index in [0.29, 0.717) is 6.61 Å². The zero-order chi connectivity index (χ0) is 16.4. The summed E-state index contributed by atoms with van der Waals surface area (Å²) in [6, 6.07) is 12.3. The quantitative estimate of drug-likeness (QED) is 0.860. The summed E-state index contributed by atoms with van der Waals surface area (Å²) in [6.45, 7) is 5.05. The van der Waals surface area contributed by atoms with Crippen LogP contribution in [0.15, 0.2) is 41.8 Å². The molecule has 1 amide bonds. The highest BCUT2D eigenvalue weighted by Crippen LogP contribution is 2.28. The summed E-state index contributed by atoms with van der Waals surface area (Å²) in [4.78, 5) is 18.7. The molecule has 0 spiro atoms. The predicted octanol–water partition coefficient (Wildman–Crippen LogP) is 2.64. The van der Waals surface area contributed by atoms with Gasteiger partial charge in [-0.2, -0.15) is 0 Å². The lowest BCUT2D eigenvalue weighted by atomic mass is 9.95. The van der Waals surface area contributed by atoms with Crippen molar-refractivity contribution < 1.29 is 9.53 Å². The molecule has 1 fully saturated rings. The van der Waals surface area contributed by atoms with Crippen LogP contribution in [-0.4, -0.2) is 48.5 Å². The summed E-state index contributed by atoms with van der Waals surface area (Å²) in [7, 11) is 0. The summed E-state index contributed by atoms with van der Waals surface area (Å²) in [5.74, 6) is 1.14. The second kappa shape index (κ2) is 6.95. The Bertz CT molecular complexity index is 693. The molecule has 126 valence electrons. The van der Waals surface area contributed by atoms with Crippen LogP contribution < -0.4 is 4.74 Å². The maximum atomic E-state index is 12.8. The van der Waals surface area contributed by atoms with Crippen molar-refractivity contribution in [3.05, 3.63) is 52.2 Å². The Morgan fingerprint density at radius 3 is 2.75 bits per heavy atom. The van der Waals surface area contributed by atoms with E-state index in [1.165, 1.54) is 4.88 Å². The molecule has 0 saturated carbocycles. The molecule has 0 aliphatic carbocycles. The summed E-state index contributed by atoms with van der Waals surface area (Å²) in [5.41, 5.74) is 1.15. The maximum absolute atomic E-state index is 12.8. The molecule has 1 aromatic heterocycles. The van der Waals surface area contributed by atoms with Gasteiger partial charge in [0.15, 0.2) is 0 Å². The van der Waals surface area contributed by atoms with Gasteiger partial charge in [0, 0.05) is 37.6 Å². The second-order valence-electron chi connectivity index (χ2n) is 6.50. The van der Waals surface area contributed by atoms with E-state index in [1.807, 2.05) is 23.1 Å². The van der Waals surface area contributed by atoms with Crippen molar-refractivity contribution in [1.29, 1.82) is 0 Å². The number of carbonyl (C=O) groups is 1. The average Bonchev–Trinajstić information content (AvgIpc) is 3.14. The van der Waals surface area contributed by atoms with Crippen LogP contribution in [0.25, 0.3) is 0 Å². The van der Waals surface area contributed by atoms with Crippen LogP contribution in [0.1, 0.15) is 10.4 Å². The summed E-state index contributed by atoms with van der Waals surface area (Å²) in [5, 5.41) is 2.12. The Labute approximate surface area is 146 Å². The first-order valence-electron chi connectivity index (χ1n) is 8.54. The Kier molecular flexibility index (Phi) is 4.54. The van der Waals surface area contributed by atoms with Gasteiger partial charge >= 0.3 is 0 Å². The summed E-state index contributed by atoms with van der Waals surface area (Å²) >= 11 is 1.80. The van der Waals surface area contributed by atoms with Crippen LogP contribution in [0.3, 0.4) is 0 Å². The topological polar surface area (TPSA) is 32.8 Å². The fraction of sp³-hybridized carbons (Fsp3) is 0.421. The fourth-order valence-electron chi connectivity index (χ4n) is 3.49. The number of para-hydroxylation sites is 1. The number of piperazine rings is 1. The van der Waals surface area contributed by atoms with E-state index < -0.39 is 0 Å². The SMILES string of the molecule is O=C([C@@H]1COc2ccccc2C1)N1CCN(Cc2cccs2)CC1. The highest BCUT2D eigenvalue weighted by molar-refractivity contribution is 7.09. The Hall–Kier alpha value is -1.85. The van der Waals surface area contributed by atoms with Crippen molar-refractivity contribution in [2.75, 3.05) is 32.8 Å². The first kappa shape index (κ1) is 15.7. The van der Waals surface area contributed by atoms with Gasteiger partial charge in [0.25, 0.3) is 0 Å². The lowest BCUT2D eigenvalue weighted by Gasteiger charge is -2.37. The molecular formula is C19H22N2O2S. The fourth-order valence-corrected chi connectivity index (χ4v) is 4.24. The van der Waals surface area contributed by atoms with Crippen molar-refractivity contribution in [2.45, 2.75) is 13.0 Å². The van der Waals surface area contributed by atoms with E-state index >= 15 is 0 Å². The van der Waals surface area contributed by atoms with Gasteiger partial charge in [0.1, 0.15) is 12.4 Å². The highest BCUT2D eigenvalue weighted by Gasteiger charge is 2.31. The van der Waals surface area contributed by atoms with Crippen molar-refractivity contribution >= 4 is 17.2 Å². The Balaban J connectivity index is 1.32. The second-order valence-corrected chi connectivity index (χ2v) is 7.53. The monoisotopic (exact) mass is 342 g/mol. The van der Waals surface area contributed by atoms with Gasteiger partial charge in [-0.25, -0.2) is 0 Å². The third kappa shape index (κ3) is 3.32. The molecule has 1 saturated heterocycles. The minimum atomic E-state index is -0.0382. The standard InChI is InChI=1S/C19H22N2O2S/c22-19(16-12-15-4-1-2-6-18(15)23-14-16)21-9-7-20(8-10-21)13-17-5-3-11-24-17/h1-6,11,16H,7-10,12-14H2/t16-/m0/s1. The van der Waals surface area contributed by atoms with E-state index in [2.05, 4.69) is 28.5 Å². The number of thiophene rings is 1. The summed E-state index contributed by atoms with van der Waals surface area (Å²) < 4.78 is 5.78. The molecule has 4 nitrogen and oxygen atoms in total. The molecule has 1 atom stereocenters. The van der Waals surface area contributed by atoms with Gasteiger partial charge in [-0.15, -0.1) is 11.3 Å². The number of hydrogen-bond donors (Lipinski definition) is 0. The third-order valence-corrected chi connectivity index (χ3v) is 5.73. The molecule has 2 aliphatic heterocycles. The number of hydrogen-bond acceptors (Lipinski definition) is 4. The van der Waals surface area contributed by atoms with Crippen molar-refractivity contribution in [3.63, 3.8) is 0 Å². The molecule has 2 aliphatic rings. The van der Waals surface area contributed by atoms with Crippen LogP contribution in [0.2, 0.25) is 0 Å². The predicted molar refractivity (Wildman–Crippen MR) is 95.3 cm³/mol. The zero-order valence-electron chi connectivity index (χ0n) is 13.7. The molecule has 24 heavy (non-hydrogen) atoms. The van der Waals surface area contributed by atoms with Gasteiger partial charge in [0.05, 0.1) is 5.92 Å². The number of amides is 1. The van der Waals surface area contributed by atoms with Crippen molar-refractivity contribution in [1.82, 2.24) is 9.80 Å². The van der Waals surface area contributed by atoms with E-state index in [0.717, 1.165) is 50.5 Å². The smallest absolute Gasteiger partial charge is 0.229 e. The number of carbonyl (C=O) groups excluding carboxylic acids is 1. The lowest BCUT2D eigenvalue weighted by Crippen LogP contribution is -2.51. The van der Waals surface area contributed by atoms with Crippen LogP contribution in [0.4, 0.5) is 0 Å². The minimum Gasteiger partial charge on any atom is -0.492 e. The molecule has 0 bridgehead atoms. The molecule has 0 N–H and O–H groups in total. The van der Waals surface area contributed by atoms with E-state index in [-0.39, 0.29) is 11.8 Å². The first-order chi connectivity index (χ1) is 11.8. The highest BCUT2D eigenvalue weighted by atomic mass is 32.1. The molecule has 2 aromatic rings. The number of fused-ring (bicyclic) bond motifs is 1. The molecule has 5 heteroatoms. The third-order valence-electron chi connectivity index (χ3n) is 4.87. The van der Waals surface area contributed by atoms with Crippen LogP contribution in [-0.2, 0) is 17.8 Å². The molecular weight excluding hydrogens is 320 g/mol. The number of benzene rings is 1. The molecule has 1 aromatic carbocycles. The number of ether oxygens (including phenoxy) is 1. The van der Waals surface area contributed by atoms with E-state index in [1.54, 1.807) is 11.3 Å². The van der Waals surface area contributed by atoms with Gasteiger partial charge in [-0.1, -0.05) is 24.3 Å². The number of rotatable bonds is 3. The van der Waals surface area contributed by atoms with Crippen molar-refractivity contribution in [2.24, 2.45) is 5.92 Å². The minimum absolute atomic E-state index is 0.0382. The largest absolute Gasteiger partial charge is 0.492 e. The molecule has 3 heterocycles. The zero-order valence-corrected chi connectivity index (χ0v) is 14.5. The molecule has 4 rings (SSSR count). The van der Waals surface area contributed by atoms with Gasteiger partial charge in [0.2, 0.25) is 5.91 Å². The normalized spacial score (nSPS) is 21.2. The van der Waals surface area contributed by atoms with Crippen LogP contribution in [0, 0.1) is 5.92 Å². The van der Waals surface area contributed by atoms with Gasteiger partial charge in [-0.05, 0) is 29.5 Å². The van der Waals surface area contributed by atoms with E-state index in [4.69, 9.17) is 4.74 Å². The molecule has 0 unspecified atom stereocenters. The van der Waals surface area contributed by atoms with Crippen LogP contribution in [0.5, 0.6) is 5.75 Å². The first-order valence-corrected chi connectivity index (χ1v) is 9.42. The maximum Gasteiger partial charge on any atom is 0.229 e. The summed E-state index contributed by atoms with van der Waals surface area (Å²) in [6.07, 6.45) is 0.796. The Morgan fingerprint density at radius 1 is 1.12 bits per heavy atom. The Morgan fingerprint density at radius 2 is 1.96 bits per heavy atom. The number of nitrogens with zero attached hydrogens (tertiary/aromatic N) is 2. The van der Waals surface area contributed by atoms with E-state index in [9.17, 15) is 4.79 Å².